The maximum atomic E-state index is 12.9. The van der Waals surface area contributed by atoms with Gasteiger partial charge in [0.1, 0.15) is 5.82 Å². The summed E-state index contributed by atoms with van der Waals surface area (Å²) in [7, 11) is 2.06. The van der Waals surface area contributed by atoms with Crippen molar-refractivity contribution in [2.75, 3.05) is 12.8 Å². The van der Waals surface area contributed by atoms with Crippen LogP contribution in [-0.2, 0) is 6.54 Å². The van der Waals surface area contributed by atoms with Gasteiger partial charge in [0.05, 0.1) is 0 Å². The van der Waals surface area contributed by atoms with Gasteiger partial charge in [-0.1, -0.05) is 0 Å². The first-order valence-electron chi connectivity index (χ1n) is 4.91. The molecule has 1 fully saturated rings. The van der Waals surface area contributed by atoms with Crippen molar-refractivity contribution in [1.29, 1.82) is 0 Å². The smallest absolute Gasteiger partial charge is 0.123 e. The molecular formula is C11H15FN2. The Hall–Kier alpha value is -1.09. The Morgan fingerprint density at radius 1 is 1.50 bits per heavy atom. The molecule has 76 valence electrons. The van der Waals surface area contributed by atoms with Gasteiger partial charge >= 0.3 is 0 Å². The second kappa shape index (κ2) is 3.58. The normalized spacial score (nSPS) is 16.2. The van der Waals surface area contributed by atoms with Crippen molar-refractivity contribution >= 4 is 5.69 Å². The van der Waals surface area contributed by atoms with Gasteiger partial charge in [0.15, 0.2) is 0 Å². The molecule has 2 rings (SSSR count). The molecule has 2 N–H and O–H groups in total. The minimum atomic E-state index is -0.210. The Kier molecular flexibility index (Phi) is 2.42. The summed E-state index contributed by atoms with van der Waals surface area (Å²) in [5.74, 6) is -0.210. The van der Waals surface area contributed by atoms with E-state index >= 15 is 0 Å². The lowest BCUT2D eigenvalue weighted by atomic mass is 10.1. The van der Waals surface area contributed by atoms with Crippen LogP contribution in [0.25, 0.3) is 0 Å². The number of hydrogen-bond donors (Lipinski definition) is 1. The summed E-state index contributed by atoms with van der Waals surface area (Å²) >= 11 is 0. The van der Waals surface area contributed by atoms with Crippen LogP contribution < -0.4 is 5.73 Å². The summed E-state index contributed by atoms with van der Waals surface area (Å²) in [5.41, 5.74) is 7.33. The van der Waals surface area contributed by atoms with Gasteiger partial charge in [0.2, 0.25) is 0 Å². The molecule has 0 bridgehead atoms. The highest BCUT2D eigenvalue weighted by Gasteiger charge is 2.26. The van der Waals surface area contributed by atoms with Crippen LogP contribution in [0.15, 0.2) is 18.2 Å². The Labute approximate surface area is 83.5 Å². The van der Waals surface area contributed by atoms with Gasteiger partial charge in [-0.15, -0.1) is 0 Å². The van der Waals surface area contributed by atoms with E-state index in [0.717, 1.165) is 12.1 Å². The van der Waals surface area contributed by atoms with E-state index in [4.69, 9.17) is 5.73 Å². The van der Waals surface area contributed by atoms with Crippen molar-refractivity contribution in [3.63, 3.8) is 0 Å². The van der Waals surface area contributed by atoms with Crippen LogP contribution in [0.3, 0.4) is 0 Å². The van der Waals surface area contributed by atoms with Crippen molar-refractivity contribution in [3.8, 4) is 0 Å². The predicted octanol–water partition coefficient (Wildman–Crippen LogP) is 2.00. The van der Waals surface area contributed by atoms with Crippen LogP contribution in [0, 0.1) is 5.82 Å². The second-order valence-electron chi connectivity index (χ2n) is 3.99. The number of rotatable bonds is 3. The molecular weight excluding hydrogens is 179 g/mol. The number of halogens is 1. The molecule has 0 heterocycles. The molecule has 14 heavy (non-hydrogen) atoms. The van der Waals surface area contributed by atoms with E-state index in [-0.39, 0.29) is 5.82 Å². The van der Waals surface area contributed by atoms with Gasteiger partial charge in [0.25, 0.3) is 0 Å². The molecule has 1 aromatic rings. The van der Waals surface area contributed by atoms with Gasteiger partial charge in [-0.05, 0) is 43.7 Å². The van der Waals surface area contributed by atoms with E-state index in [9.17, 15) is 4.39 Å². The van der Waals surface area contributed by atoms with Crippen LogP contribution in [0.5, 0.6) is 0 Å². The molecule has 0 saturated heterocycles. The van der Waals surface area contributed by atoms with E-state index in [1.807, 2.05) is 0 Å². The first-order chi connectivity index (χ1) is 6.66. The molecule has 1 saturated carbocycles. The van der Waals surface area contributed by atoms with Gasteiger partial charge in [-0.25, -0.2) is 4.39 Å². The zero-order chi connectivity index (χ0) is 10.1. The van der Waals surface area contributed by atoms with Crippen LogP contribution >= 0.6 is 0 Å². The Balaban J connectivity index is 2.10. The number of nitrogens with two attached hydrogens (primary N) is 1. The molecule has 1 aliphatic carbocycles. The molecule has 0 aliphatic heterocycles. The van der Waals surface area contributed by atoms with Crippen molar-refractivity contribution in [2.24, 2.45) is 0 Å². The van der Waals surface area contributed by atoms with Gasteiger partial charge in [-0.2, -0.15) is 0 Å². The van der Waals surface area contributed by atoms with Crippen molar-refractivity contribution < 1.29 is 4.39 Å². The lowest BCUT2D eigenvalue weighted by molar-refractivity contribution is 0.316. The standard InChI is InChI=1S/C11H15FN2/c1-14(10-3-4-10)7-8-6-9(12)2-5-11(8)13/h2,5-6,10H,3-4,7,13H2,1H3. The fourth-order valence-electron chi connectivity index (χ4n) is 1.62. The number of hydrogen-bond acceptors (Lipinski definition) is 2. The summed E-state index contributed by atoms with van der Waals surface area (Å²) in [6, 6.07) is 5.23. The lowest BCUT2D eigenvalue weighted by Crippen LogP contribution is -2.20. The molecule has 0 radical (unpaired) electrons. The lowest BCUT2D eigenvalue weighted by Gasteiger charge is -2.16. The first-order valence-corrected chi connectivity index (χ1v) is 4.91. The SMILES string of the molecule is CN(Cc1cc(F)ccc1N)C1CC1. The highest BCUT2D eigenvalue weighted by atomic mass is 19.1. The third kappa shape index (κ3) is 2.04. The average Bonchev–Trinajstić information content (AvgIpc) is 2.94. The van der Waals surface area contributed by atoms with E-state index in [1.54, 1.807) is 6.07 Å². The number of nitrogens with zero attached hydrogens (tertiary/aromatic N) is 1. The third-order valence-electron chi connectivity index (χ3n) is 2.69. The van der Waals surface area contributed by atoms with Crippen LogP contribution in [-0.4, -0.2) is 18.0 Å². The molecule has 0 aromatic heterocycles. The summed E-state index contributed by atoms with van der Waals surface area (Å²) < 4.78 is 12.9. The predicted molar refractivity (Wildman–Crippen MR) is 55.3 cm³/mol. The number of anilines is 1. The van der Waals surface area contributed by atoms with E-state index < -0.39 is 0 Å². The molecule has 0 amide bonds. The van der Waals surface area contributed by atoms with Crippen LogP contribution in [0.2, 0.25) is 0 Å². The molecule has 0 spiro atoms. The van der Waals surface area contributed by atoms with Gasteiger partial charge in [-0.3, -0.25) is 4.90 Å². The molecule has 1 aliphatic rings. The van der Waals surface area contributed by atoms with Gasteiger partial charge in [0, 0.05) is 18.3 Å². The number of nitrogen functional groups attached to an aromatic ring is 1. The zero-order valence-corrected chi connectivity index (χ0v) is 8.33. The maximum Gasteiger partial charge on any atom is 0.123 e. The highest BCUT2D eigenvalue weighted by molar-refractivity contribution is 5.46. The maximum absolute atomic E-state index is 12.9. The van der Waals surface area contributed by atoms with E-state index in [1.165, 1.54) is 25.0 Å². The second-order valence-corrected chi connectivity index (χ2v) is 3.99. The Bertz CT molecular complexity index is 334. The minimum Gasteiger partial charge on any atom is -0.398 e. The largest absolute Gasteiger partial charge is 0.398 e. The monoisotopic (exact) mass is 194 g/mol. The van der Waals surface area contributed by atoms with Crippen LogP contribution in [0.4, 0.5) is 10.1 Å². The summed E-state index contributed by atoms with van der Waals surface area (Å²) in [6.07, 6.45) is 2.51. The van der Waals surface area contributed by atoms with Gasteiger partial charge < -0.3 is 5.73 Å². The molecule has 0 atom stereocenters. The van der Waals surface area contributed by atoms with E-state index in [0.29, 0.717) is 11.7 Å². The number of benzene rings is 1. The quantitative estimate of drug-likeness (QED) is 0.746. The van der Waals surface area contributed by atoms with Crippen LogP contribution in [0.1, 0.15) is 18.4 Å². The first kappa shape index (κ1) is 9.46. The van der Waals surface area contributed by atoms with Crippen molar-refractivity contribution in [1.82, 2.24) is 4.90 Å². The fraction of sp³-hybridized carbons (Fsp3) is 0.455. The summed E-state index contributed by atoms with van der Waals surface area (Å²) in [5, 5.41) is 0. The molecule has 0 unspecified atom stereocenters. The average molecular weight is 194 g/mol. The summed E-state index contributed by atoms with van der Waals surface area (Å²) in [4.78, 5) is 2.23. The Morgan fingerprint density at radius 3 is 2.86 bits per heavy atom. The zero-order valence-electron chi connectivity index (χ0n) is 8.33. The molecule has 2 nitrogen and oxygen atoms in total. The van der Waals surface area contributed by atoms with E-state index in [2.05, 4.69) is 11.9 Å². The third-order valence-corrected chi connectivity index (χ3v) is 2.69. The Morgan fingerprint density at radius 2 is 2.21 bits per heavy atom. The molecule has 1 aromatic carbocycles. The highest BCUT2D eigenvalue weighted by Crippen LogP contribution is 2.27. The fourth-order valence-corrected chi connectivity index (χ4v) is 1.62. The molecule has 3 heteroatoms. The summed E-state index contributed by atoms with van der Waals surface area (Å²) in [6.45, 7) is 0.744. The minimum absolute atomic E-state index is 0.210. The van der Waals surface area contributed by atoms with Crippen molar-refractivity contribution in [2.45, 2.75) is 25.4 Å². The van der Waals surface area contributed by atoms with Crippen molar-refractivity contribution in [3.05, 3.63) is 29.6 Å². The topological polar surface area (TPSA) is 29.3 Å².